The van der Waals surface area contributed by atoms with Gasteiger partial charge in [-0.25, -0.2) is 13.6 Å². The van der Waals surface area contributed by atoms with E-state index in [1.165, 1.54) is 6.07 Å². The van der Waals surface area contributed by atoms with Gasteiger partial charge < -0.3 is 10.6 Å². The lowest BCUT2D eigenvalue weighted by atomic mass is 10.1. The van der Waals surface area contributed by atoms with Gasteiger partial charge in [-0.15, -0.1) is 0 Å². The number of anilines is 2. The molecule has 0 bridgehead atoms. The van der Waals surface area contributed by atoms with Crippen molar-refractivity contribution in [2.24, 2.45) is 0 Å². The number of benzene rings is 2. The van der Waals surface area contributed by atoms with Crippen LogP contribution in [0.4, 0.5) is 25.0 Å². The summed E-state index contributed by atoms with van der Waals surface area (Å²) in [7, 11) is 0. The summed E-state index contributed by atoms with van der Waals surface area (Å²) in [6, 6.07) is 6.30. The molecule has 2 rings (SSSR count). The molecule has 0 heterocycles. The highest BCUT2D eigenvalue weighted by atomic mass is 19.1. The molecular formula is C16H16F2N2O. The SMILES string of the molecule is Cc1cc(C)c(NC(=O)Nc2ccc(F)cc2F)c(C)c1. The molecule has 0 saturated heterocycles. The number of amides is 2. The van der Waals surface area contributed by atoms with Crippen LogP contribution in [0.5, 0.6) is 0 Å². The molecule has 0 aliphatic heterocycles. The van der Waals surface area contributed by atoms with E-state index in [0.717, 1.165) is 28.8 Å². The minimum Gasteiger partial charge on any atom is -0.307 e. The Morgan fingerprint density at radius 2 is 1.57 bits per heavy atom. The molecule has 110 valence electrons. The fourth-order valence-electron chi connectivity index (χ4n) is 2.24. The van der Waals surface area contributed by atoms with Crippen LogP contribution in [0.15, 0.2) is 30.3 Å². The second-order valence-electron chi connectivity index (χ2n) is 4.98. The normalized spacial score (nSPS) is 10.3. The molecule has 3 nitrogen and oxygen atoms in total. The first-order chi connectivity index (χ1) is 9.86. The predicted octanol–water partition coefficient (Wildman–Crippen LogP) is 4.53. The largest absolute Gasteiger partial charge is 0.323 e. The number of hydrogen-bond acceptors (Lipinski definition) is 1. The lowest BCUT2D eigenvalue weighted by molar-refractivity contribution is 0.262. The van der Waals surface area contributed by atoms with Crippen LogP contribution in [0.2, 0.25) is 0 Å². The molecule has 0 aliphatic rings. The van der Waals surface area contributed by atoms with Crippen molar-refractivity contribution in [1.29, 1.82) is 0 Å². The Labute approximate surface area is 122 Å². The monoisotopic (exact) mass is 290 g/mol. The summed E-state index contributed by atoms with van der Waals surface area (Å²) in [5.74, 6) is -1.51. The first kappa shape index (κ1) is 15.0. The molecule has 2 aromatic carbocycles. The fourth-order valence-corrected chi connectivity index (χ4v) is 2.24. The Morgan fingerprint density at radius 3 is 2.14 bits per heavy atom. The van der Waals surface area contributed by atoms with Gasteiger partial charge in [-0.05, 0) is 44.0 Å². The fraction of sp³-hybridized carbons (Fsp3) is 0.188. The summed E-state index contributed by atoms with van der Waals surface area (Å²) >= 11 is 0. The number of urea groups is 1. The second kappa shape index (κ2) is 5.91. The van der Waals surface area contributed by atoms with Crippen molar-refractivity contribution < 1.29 is 13.6 Å². The van der Waals surface area contributed by atoms with E-state index in [9.17, 15) is 13.6 Å². The third-order valence-corrected chi connectivity index (χ3v) is 3.09. The minimum atomic E-state index is -0.817. The molecule has 2 N–H and O–H groups in total. The Kier molecular flexibility index (Phi) is 4.21. The molecule has 2 aromatic rings. The highest BCUT2D eigenvalue weighted by molar-refractivity contribution is 6.00. The molecule has 0 radical (unpaired) electrons. The van der Waals surface area contributed by atoms with Gasteiger partial charge in [0.15, 0.2) is 0 Å². The van der Waals surface area contributed by atoms with Gasteiger partial charge in [-0.3, -0.25) is 0 Å². The van der Waals surface area contributed by atoms with E-state index in [0.29, 0.717) is 5.69 Å². The highest BCUT2D eigenvalue weighted by Gasteiger charge is 2.11. The van der Waals surface area contributed by atoms with E-state index in [-0.39, 0.29) is 5.69 Å². The highest BCUT2D eigenvalue weighted by Crippen LogP contribution is 2.22. The van der Waals surface area contributed by atoms with Crippen molar-refractivity contribution >= 4 is 17.4 Å². The van der Waals surface area contributed by atoms with Crippen LogP contribution in [-0.2, 0) is 0 Å². The van der Waals surface area contributed by atoms with Gasteiger partial charge in [0, 0.05) is 11.8 Å². The predicted molar refractivity (Wildman–Crippen MR) is 79.7 cm³/mol. The molecule has 2 amide bonds. The molecule has 21 heavy (non-hydrogen) atoms. The quantitative estimate of drug-likeness (QED) is 0.838. The second-order valence-corrected chi connectivity index (χ2v) is 4.98. The number of halogens is 2. The van der Waals surface area contributed by atoms with Gasteiger partial charge >= 0.3 is 6.03 Å². The Hall–Kier alpha value is -2.43. The summed E-state index contributed by atoms with van der Waals surface area (Å²) in [6.07, 6.45) is 0. The Balaban J connectivity index is 2.16. The van der Waals surface area contributed by atoms with Crippen LogP contribution in [0.25, 0.3) is 0 Å². The van der Waals surface area contributed by atoms with Crippen molar-refractivity contribution in [3.8, 4) is 0 Å². The summed E-state index contributed by atoms with van der Waals surface area (Å²) in [5.41, 5.74) is 3.54. The Bertz CT molecular complexity index is 676. The average molecular weight is 290 g/mol. The lowest BCUT2D eigenvalue weighted by Crippen LogP contribution is -2.21. The van der Waals surface area contributed by atoms with Gasteiger partial charge in [0.2, 0.25) is 0 Å². The number of aryl methyl sites for hydroxylation is 3. The van der Waals surface area contributed by atoms with Crippen molar-refractivity contribution in [1.82, 2.24) is 0 Å². The van der Waals surface area contributed by atoms with Gasteiger partial charge in [-0.2, -0.15) is 0 Å². The van der Waals surface area contributed by atoms with Crippen molar-refractivity contribution in [3.63, 3.8) is 0 Å². The minimum absolute atomic E-state index is 0.0729. The zero-order valence-corrected chi connectivity index (χ0v) is 12.1. The Morgan fingerprint density at radius 1 is 0.952 bits per heavy atom. The zero-order chi connectivity index (χ0) is 15.6. The van der Waals surface area contributed by atoms with Crippen LogP contribution < -0.4 is 10.6 Å². The lowest BCUT2D eigenvalue weighted by Gasteiger charge is -2.14. The van der Waals surface area contributed by atoms with Crippen molar-refractivity contribution in [2.75, 3.05) is 10.6 Å². The molecule has 0 spiro atoms. The summed E-state index contributed by atoms with van der Waals surface area (Å²) < 4.78 is 26.3. The number of carbonyl (C=O) groups is 1. The maximum absolute atomic E-state index is 13.5. The summed E-state index contributed by atoms with van der Waals surface area (Å²) in [4.78, 5) is 11.9. The number of hydrogen-bond donors (Lipinski definition) is 2. The summed E-state index contributed by atoms with van der Waals surface area (Å²) in [5, 5.41) is 5.05. The van der Waals surface area contributed by atoms with Crippen LogP contribution in [0, 0.1) is 32.4 Å². The standard InChI is InChI=1S/C16H16F2N2O/c1-9-6-10(2)15(11(3)7-9)20-16(21)19-14-5-4-12(17)8-13(14)18/h4-8H,1-3H3,(H2,19,20,21). The first-order valence-electron chi connectivity index (χ1n) is 6.47. The zero-order valence-electron chi connectivity index (χ0n) is 12.1. The van der Waals surface area contributed by atoms with E-state index >= 15 is 0 Å². The maximum atomic E-state index is 13.5. The van der Waals surface area contributed by atoms with E-state index in [1.54, 1.807) is 0 Å². The van der Waals surface area contributed by atoms with Gasteiger partial charge in [0.1, 0.15) is 11.6 Å². The topological polar surface area (TPSA) is 41.1 Å². The molecule has 0 fully saturated rings. The molecule has 0 aliphatic carbocycles. The van der Waals surface area contributed by atoms with Gasteiger partial charge in [0.05, 0.1) is 5.69 Å². The van der Waals surface area contributed by atoms with E-state index in [1.807, 2.05) is 32.9 Å². The number of rotatable bonds is 2. The average Bonchev–Trinajstić information content (AvgIpc) is 2.37. The van der Waals surface area contributed by atoms with Gasteiger partial charge in [0.25, 0.3) is 0 Å². The molecule has 5 heteroatoms. The summed E-state index contributed by atoms with van der Waals surface area (Å²) in [6.45, 7) is 5.74. The maximum Gasteiger partial charge on any atom is 0.323 e. The number of carbonyl (C=O) groups excluding carboxylic acids is 1. The molecule has 0 saturated carbocycles. The van der Waals surface area contributed by atoms with Gasteiger partial charge in [-0.1, -0.05) is 17.7 Å². The van der Waals surface area contributed by atoms with E-state index in [2.05, 4.69) is 10.6 Å². The van der Waals surface area contributed by atoms with Crippen molar-refractivity contribution in [2.45, 2.75) is 20.8 Å². The van der Waals surface area contributed by atoms with Crippen LogP contribution in [0.1, 0.15) is 16.7 Å². The van der Waals surface area contributed by atoms with Crippen LogP contribution >= 0.6 is 0 Å². The van der Waals surface area contributed by atoms with E-state index < -0.39 is 17.7 Å². The molecular weight excluding hydrogens is 274 g/mol. The third kappa shape index (κ3) is 3.56. The van der Waals surface area contributed by atoms with Crippen LogP contribution in [0.3, 0.4) is 0 Å². The molecule has 0 aromatic heterocycles. The smallest absolute Gasteiger partial charge is 0.307 e. The van der Waals surface area contributed by atoms with Crippen molar-refractivity contribution in [3.05, 3.63) is 58.7 Å². The molecule has 0 atom stereocenters. The third-order valence-electron chi connectivity index (χ3n) is 3.09. The number of nitrogens with one attached hydrogen (secondary N) is 2. The molecule has 0 unspecified atom stereocenters. The first-order valence-corrected chi connectivity index (χ1v) is 6.47. The van der Waals surface area contributed by atoms with Crippen LogP contribution in [-0.4, -0.2) is 6.03 Å². The van der Waals surface area contributed by atoms with E-state index in [4.69, 9.17) is 0 Å².